The molecule has 0 radical (unpaired) electrons. The molecule has 0 aliphatic rings. The Morgan fingerprint density at radius 2 is 1.64 bits per heavy atom. The minimum atomic E-state index is -4.72. The summed E-state index contributed by atoms with van der Waals surface area (Å²) in [6.45, 7) is 0.0498. The van der Waals surface area contributed by atoms with E-state index in [0.717, 1.165) is 17.7 Å². The Bertz CT molecular complexity index is 706. The molecule has 132 valence electrons. The zero-order valence-corrected chi connectivity index (χ0v) is 14.7. The van der Waals surface area contributed by atoms with Crippen LogP contribution in [-0.4, -0.2) is 39.1 Å². The first-order chi connectivity index (χ1) is 11.9. The number of hydrogen-bond donors (Lipinski definition) is 1. The Balaban J connectivity index is 1.71. The van der Waals surface area contributed by atoms with Crippen LogP contribution in [0.25, 0.3) is 0 Å². The van der Waals surface area contributed by atoms with Crippen LogP contribution in [0.5, 0.6) is 11.5 Å². The molecule has 3 nitrogen and oxygen atoms in total. The van der Waals surface area contributed by atoms with Crippen molar-refractivity contribution in [3.8, 4) is 22.2 Å². The SMILES string of the molecule is OC(COc1ccc(OC(F)(F)F)cc1)C[Se]C#Cc1ccccc1. The minimum absolute atomic E-state index is 0.0498. The summed E-state index contributed by atoms with van der Waals surface area (Å²) in [5.41, 5.74) is 0.927. The van der Waals surface area contributed by atoms with E-state index in [0.29, 0.717) is 11.1 Å². The summed E-state index contributed by atoms with van der Waals surface area (Å²) in [6.07, 6.45) is -5.40. The molecule has 7 heteroatoms. The molecule has 0 heterocycles. The van der Waals surface area contributed by atoms with Crippen molar-refractivity contribution in [3.05, 3.63) is 60.2 Å². The molecule has 0 aliphatic heterocycles. The van der Waals surface area contributed by atoms with Crippen LogP contribution in [0.2, 0.25) is 5.32 Å². The van der Waals surface area contributed by atoms with Crippen LogP contribution in [0.4, 0.5) is 13.2 Å². The third-order valence-electron chi connectivity index (χ3n) is 2.82. The van der Waals surface area contributed by atoms with Gasteiger partial charge < -0.3 is 0 Å². The summed E-state index contributed by atoms with van der Waals surface area (Å²) in [7, 11) is 0. The number of alkyl halides is 3. The normalized spacial score (nSPS) is 12.0. The van der Waals surface area contributed by atoms with Gasteiger partial charge in [0.25, 0.3) is 0 Å². The second-order valence-corrected chi connectivity index (χ2v) is 6.62. The molecule has 0 aromatic heterocycles. The zero-order chi connectivity index (χ0) is 18.1. The van der Waals surface area contributed by atoms with E-state index < -0.39 is 12.5 Å². The molecule has 0 amide bonds. The van der Waals surface area contributed by atoms with E-state index >= 15 is 0 Å². The third-order valence-corrected chi connectivity index (χ3v) is 4.49. The van der Waals surface area contributed by atoms with Crippen molar-refractivity contribution in [3.63, 3.8) is 0 Å². The number of ether oxygens (including phenoxy) is 2. The van der Waals surface area contributed by atoms with E-state index in [4.69, 9.17) is 4.74 Å². The molecule has 2 aromatic carbocycles. The van der Waals surface area contributed by atoms with Gasteiger partial charge in [-0.3, -0.25) is 0 Å². The topological polar surface area (TPSA) is 38.7 Å². The summed E-state index contributed by atoms with van der Waals surface area (Å²) in [5.74, 6) is 3.06. The number of aliphatic hydroxyl groups is 1. The van der Waals surface area contributed by atoms with E-state index in [2.05, 4.69) is 15.5 Å². The Hall–Kier alpha value is -2.13. The number of hydrogen-bond acceptors (Lipinski definition) is 3. The molecular formula is C18H15F3O3Se. The van der Waals surface area contributed by atoms with Crippen LogP contribution in [0.3, 0.4) is 0 Å². The van der Waals surface area contributed by atoms with Gasteiger partial charge >= 0.3 is 149 Å². The first-order valence-corrected chi connectivity index (χ1v) is 9.34. The first kappa shape index (κ1) is 19.2. The first-order valence-electron chi connectivity index (χ1n) is 7.27. The standard InChI is InChI=1S/C18H15F3O3Se/c19-18(20,21)24-17-8-6-16(7-9-17)23-12-15(22)13-25-11-10-14-4-2-1-3-5-14/h1-9,15,22H,12-13H2. The Labute approximate surface area is 149 Å². The van der Waals surface area contributed by atoms with Gasteiger partial charge in [-0.1, -0.05) is 0 Å². The molecule has 2 aromatic rings. The van der Waals surface area contributed by atoms with Crippen molar-refractivity contribution >= 4 is 15.0 Å². The molecular weight excluding hydrogens is 400 g/mol. The van der Waals surface area contributed by atoms with Crippen LogP contribution < -0.4 is 9.47 Å². The Kier molecular flexibility index (Phi) is 7.20. The van der Waals surface area contributed by atoms with Gasteiger partial charge in [0.15, 0.2) is 0 Å². The fourth-order valence-electron chi connectivity index (χ4n) is 1.73. The predicted octanol–water partition coefficient (Wildman–Crippen LogP) is 3.46. The van der Waals surface area contributed by atoms with Gasteiger partial charge in [-0.15, -0.1) is 0 Å². The maximum absolute atomic E-state index is 12.1. The molecule has 0 aliphatic carbocycles. The summed E-state index contributed by atoms with van der Waals surface area (Å²) >= 11 is -0.0526. The number of benzene rings is 2. The van der Waals surface area contributed by atoms with Gasteiger partial charge in [0.05, 0.1) is 0 Å². The number of rotatable bonds is 6. The second kappa shape index (κ2) is 9.38. The molecule has 0 saturated carbocycles. The van der Waals surface area contributed by atoms with Gasteiger partial charge in [-0.25, -0.2) is 0 Å². The van der Waals surface area contributed by atoms with Crippen LogP contribution in [0, 0.1) is 10.7 Å². The Morgan fingerprint density at radius 1 is 1.00 bits per heavy atom. The van der Waals surface area contributed by atoms with Crippen molar-refractivity contribution < 1.29 is 27.8 Å². The Morgan fingerprint density at radius 3 is 2.28 bits per heavy atom. The fraction of sp³-hybridized carbons (Fsp3) is 0.222. The predicted molar refractivity (Wildman–Crippen MR) is 88.5 cm³/mol. The quantitative estimate of drug-likeness (QED) is 0.580. The second-order valence-electron chi connectivity index (χ2n) is 4.89. The summed E-state index contributed by atoms with van der Waals surface area (Å²) in [4.78, 5) is 3.03. The van der Waals surface area contributed by atoms with Crippen molar-refractivity contribution in [1.29, 1.82) is 0 Å². The van der Waals surface area contributed by atoms with Crippen molar-refractivity contribution in [2.75, 3.05) is 6.61 Å². The maximum atomic E-state index is 12.1. The van der Waals surface area contributed by atoms with Gasteiger partial charge in [-0.2, -0.15) is 0 Å². The number of halogens is 3. The molecule has 1 atom stereocenters. The monoisotopic (exact) mass is 416 g/mol. The average Bonchev–Trinajstić information content (AvgIpc) is 2.58. The summed E-state index contributed by atoms with van der Waals surface area (Å²) < 4.78 is 45.3. The molecule has 0 saturated heterocycles. The van der Waals surface area contributed by atoms with Crippen LogP contribution in [0.1, 0.15) is 5.56 Å². The van der Waals surface area contributed by atoms with E-state index in [-0.39, 0.29) is 27.3 Å². The molecule has 0 fully saturated rings. The third kappa shape index (κ3) is 7.99. The molecule has 0 spiro atoms. The van der Waals surface area contributed by atoms with Crippen molar-refractivity contribution in [2.45, 2.75) is 17.8 Å². The number of aliphatic hydroxyl groups excluding tert-OH is 1. The molecule has 25 heavy (non-hydrogen) atoms. The van der Waals surface area contributed by atoms with E-state index in [1.165, 1.54) is 12.1 Å². The molecule has 1 N–H and O–H groups in total. The van der Waals surface area contributed by atoms with E-state index in [1.54, 1.807) is 0 Å². The van der Waals surface area contributed by atoms with Gasteiger partial charge in [0.2, 0.25) is 0 Å². The fourth-order valence-corrected chi connectivity index (χ4v) is 2.91. The van der Waals surface area contributed by atoms with Crippen LogP contribution in [-0.2, 0) is 0 Å². The zero-order valence-electron chi connectivity index (χ0n) is 13.0. The van der Waals surface area contributed by atoms with Gasteiger partial charge in [0, 0.05) is 0 Å². The summed E-state index contributed by atoms with van der Waals surface area (Å²) in [5, 5.41) is 10.4. The van der Waals surface area contributed by atoms with Gasteiger partial charge in [0.1, 0.15) is 0 Å². The van der Waals surface area contributed by atoms with Crippen LogP contribution in [0.15, 0.2) is 54.6 Å². The summed E-state index contributed by atoms with van der Waals surface area (Å²) in [6, 6.07) is 14.6. The van der Waals surface area contributed by atoms with E-state index in [1.807, 2.05) is 30.3 Å². The van der Waals surface area contributed by atoms with Crippen molar-refractivity contribution in [1.82, 2.24) is 0 Å². The van der Waals surface area contributed by atoms with Crippen LogP contribution >= 0.6 is 0 Å². The average molecular weight is 415 g/mol. The van der Waals surface area contributed by atoms with Crippen molar-refractivity contribution in [2.24, 2.45) is 0 Å². The van der Waals surface area contributed by atoms with E-state index in [9.17, 15) is 18.3 Å². The van der Waals surface area contributed by atoms with Gasteiger partial charge in [-0.05, 0) is 0 Å². The molecule has 1 unspecified atom stereocenters. The molecule has 2 rings (SSSR count). The molecule has 0 bridgehead atoms.